The predicted octanol–water partition coefficient (Wildman–Crippen LogP) is 1.01. The van der Waals surface area contributed by atoms with E-state index in [4.69, 9.17) is 4.74 Å². The Balaban J connectivity index is 1.68. The highest BCUT2D eigenvalue weighted by Gasteiger charge is 2.29. The summed E-state index contributed by atoms with van der Waals surface area (Å²) < 4.78 is 5.78. The third-order valence-electron chi connectivity index (χ3n) is 4.36. The Hall–Kier alpha value is -1.43. The van der Waals surface area contributed by atoms with E-state index in [1.807, 2.05) is 25.2 Å². The van der Waals surface area contributed by atoms with E-state index in [9.17, 15) is 4.79 Å². The summed E-state index contributed by atoms with van der Waals surface area (Å²) in [6.45, 7) is 3.49. The second-order valence-corrected chi connectivity index (χ2v) is 5.93. The largest absolute Gasteiger partial charge is 0.374 e. The van der Waals surface area contributed by atoms with Crippen LogP contribution < -0.4 is 10.2 Å². The summed E-state index contributed by atoms with van der Waals surface area (Å²) in [5.41, 5.74) is 2.21. The van der Waals surface area contributed by atoms with Crippen LogP contribution in [0, 0.1) is 0 Å². The topological polar surface area (TPSA) is 44.8 Å². The van der Waals surface area contributed by atoms with Gasteiger partial charge in [-0.15, -0.1) is 0 Å². The van der Waals surface area contributed by atoms with Crippen LogP contribution in [0.4, 0.5) is 5.69 Å². The second kappa shape index (κ2) is 6.13. The Morgan fingerprint density at radius 3 is 2.95 bits per heavy atom. The van der Waals surface area contributed by atoms with Crippen molar-refractivity contribution in [2.75, 3.05) is 45.2 Å². The minimum atomic E-state index is 0.0840. The molecule has 2 unspecified atom stereocenters. The van der Waals surface area contributed by atoms with Gasteiger partial charge in [-0.25, -0.2) is 0 Å². The quantitative estimate of drug-likeness (QED) is 0.902. The van der Waals surface area contributed by atoms with Crippen LogP contribution in [0.15, 0.2) is 24.3 Å². The van der Waals surface area contributed by atoms with E-state index >= 15 is 0 Å². The molecule has 3 rings (SSSR count). The first-order valence-corrected chi connectivity index (χ1v) is 7.54. The van der Waals surface area contributed by atoms with E-state index in [-0.39, 0.29) is 18.1 Å². The molecule has 1 N–H and O–H groups in total. The van der Waals surface area contributed by atoms with Gasteiger partial charge in [0.05, 0.1) is 12.7 Å². The number of carbonyl (C=O) groups excluding carboxylic acids is 1. The Bertz CT molecular complexity index is 520. The summed E-state index contributed by atoms with van der Waals surface area (Å²) in [5, 5.41) is 3.52. The predicted molar refractivity (Wildman–Crippen MR) is 82.4 cm³/mol. The highest BCUT2D eigenvalue weighted by molar-refractivity contribution is 5.96. The van der Waals surface area contributed by atoms with Crippen molar-refractivity contribution >= 4 is 11.6 Å². The van der Waals surface area contributed by atoms with Crippen molar-refractivity contribution in [3.63, 3.8) is 0 Å². The smallest absolute Gasteiger partial charge is 0.228 e. The van der Waals surface area contributed by atoms with Gasteiger partial charge in [-0.05, 0) is 18.7 Å². The number of para-hydroxylation sites is 1. The zero-order valence-electron chi connectivity index (χ0n) is 12.7. The maximum Gasteiger partial charge on any atom is 0.228 e. The average Bonchev–Trinajstić information content (AvgIpc) is 2.50. The molecule has 0 bridgehead atoms. The molecule has 1 amide bonds. The molecule has 1 aromatic rings. The zero-order chi connectivity index (χ0) is 14.8. The van der Waals surface area contributed by atoms with Crippen molar-refractivity contribution < 1.29 is 9.53 Å². The van der Waals surface area contributed by atoms with E-state index in [0.29, 0.717) is 6.42 Å². The van der Waals surface area contributed by atoms with Gasteiger partial charge in [0.2, 0.25) is 5.91 Å². The molecule has 21 heavy (non-hydrogen) atoms. The Morgan fingerprint density at radius 1 is 1.33 bits per heavy atom. The number of anilines is 1. The van der Waals surface area contributed by atoms with Gasteiger partial charge in [0.1, 0.15) is 0 Å². The molecule has 0 aliphatic carbocycles. The fraction of sp³-hybridized carbons (Fsp3) is 0.562. The van der Waals surface area contributed by atoms with Crippen molar-refractivity contribution in [3.8, 4) is 0 Å². The number of benzene rings is 1. The number of nitrogens with zero attached hydrogens (tertiary/aromatic N) is 2. The third-order valence-corrected chi connectivity index (χ3v) is 4.36. The Morgan fingerprint density at radius 2 is 2.14 bits per heavy atom. The van der Waals surface area contributed by atoms with Crippen LogP contribution in [-0.4, -0.2) is 57.2 Å². The summed E-state index contributed by atoms with van der Waals surface area (Å²) in [7, 11) is 3.96. The van der Waals surface area contributed by atoms with Crippen LogP contribution in [0.25, 0.3) is 0 Å². The standard InChI is InChI=1S/C16H23N3O2/c1-18-7-8-21-12(11-18)10-17-14-9-16(20)19(2)15-6-4-3-5-13(14)15/h3-6,12,14,17H,7-11H2,1-2H3. The summed E-state index contributed by atoms with van der Waals surface area (Å²) in [5.74, 6) is 0.160. The molecule has 5 nitrogen and oxygen atoms in total. The van der Waals surface area contributed by atoms with Gasteiger partial charge in [-0.3, -0.25) is 4.79 Å². The van der Waals surface area contributed by atoms with E-state index < -0.39 is 0 Å². The molecular weight excluding hydrogens is 266 g/mol. The normalized spacial score (nSPS) is 26.8. The number of fused-ring (bicyclic) bond motifs is 1. The lowest BCUT2D eigenvalue weighted by Gasteiger charge is -2.34. The number of rotatable bonds is 3. The first-order chi connectivity index (χ1) is 10.1. The maximum atomic E-state index is 12.1. The lowest BCUT2D eigenvalue weighted by molar-refractivity contribution is -0.119. The number of morpholine rings is 1. The van der Waals surface area contributed by atoms with E-state index in [2.05, 4.69) is 23.3 Å². The summed E-state index contributed by atoms with van der Waals surface area (Å²) >= 11 is 0. The Kier molecular flexibility index (Phi) is 4.24. The van der Waals surface area contributed by atoms with Crippen LogP contribution >= 0.6 is 0 Å². The number of carbonyl (C=O) groups is 1. The van der Waals surface area contributed by atoms with Gasteiger partial charge in [-0.1, -0.05) is 18.2 Å². The average molecular weight is 289 g/mol. The highest BCUT2D eigenvalue weighted by atomic mass is 16.5. The van der Waals surface area contributed by atoms with Crippen LogP contribution in [-0.2, 0) is 9.53 Å². The first-order valence-electron chi connectivity index (χ1n) is 7.54. The molecule has 2 atom stereocenters. The van der Waals surface area contributed by atoms with Gasteiger partial charge >= 0.3 is 0 Å². The highest BCUT2D eigenvalue weighted by Crippen LogP contribution is 2.33. The van der Waals surface area contributed by atoms with E-state index in [0.717, 1.165) is 31.9 Å². The Labute approximate surface area is 125 Å². The van der Waals surface area contributed by atoms with Gasteiger partial charge in [-0.2, -0.15) is 0 Å². The van der Waals surface area contributed by atoms with Crippen molar-refractivity contribution in [2.45, 2.75) is 18.6 Å². The minimum Gasteiger partial charge on any atom is -0.374 e. The van der Waals surface area contributed by atoms with Crippen molar-refractivity contribution in [3.05, 3.63) is 29.8 Å². The number of hydrogen-bond acceptors (Lipinski definition) is 4. The monoisotopic (exact) mass is 289 g/mol. The minimum absolute atomic E-state index is 0.0840. The number of hydrogen-bond donors (Lipinski definition) is 1. The lowest BCUT2D eigenvalue weighted by Crippen LogP contribution is -2.46. The van der Waals surface area contributed by atoms with Gasteiger partial charge < -0.3 is 19.9 Å². The molecule has 1 saturated heterocycles. The van der Waals surface area contributed by atoms with Crippen molar-refractivity contribution in [2.24, 2.45) is 0 Å². The molecule has 2 heterocycles. The maximum absolute atomic E-state index is 12.1. The molecule has 0 saturated carbocycles. The lowest BCUT2D eigenvalue weighted by atomic mass is 9.96. The third kappa shape index (κ3) is 3.10. The number of likely N-dealkylation sites (N-methyl/N-ethyl adjacent to an activating group) is 1. The molecule has 0 spiro atoms. The molecular formula is C16H23N3O2. The summed E-state index contributed by atoms with van der Waals surface area (Å²) in [4.78, 5) is 16.1. The summed E-state index contributed by atoms with van der Waals surface area (Å²) in [6, 6.07) is 8.20. The fourth-order valence-electron chi connectivity index (χ4n) is 3.09. The molecule has 1 fully saturated rings. The molecule has 0 radical (unpaired) electrons. The molecule has 0 aromatic heterocycles. The number of nitrogens with one attached hydrogen (secondary N) is 1. The van der Waals surface area contributed by atoms with Crippen molar-refractivity contribution in [1.29, 1.82) is 0 Å². The van der Waals surface area contributed by atoms with Crippen molar-refractivity contribution in [1.82, 2.24) is 10.2 Å². The van der Waals surface area contributed by atoms with E-state index in [1.54, 1.807) is 4.90 Å². The van der Waals surface area contributed by atoms with Crippen LogP contribution in [0.5, 0.6) is 0 Å². The molecule has 2 aliphatic rings. The van der Waals surface area contributed by atoms with E-state index in [1.165, 1.54) is 5.56 Å². The summed E-state index contributed by atoms with van der Waals surface area (Å²) in [6.07, 6.45) is 0.710. The molecule has 2 aliphatic heterocycles. The molecule has 5 heteroatoms. The van der Waals surface area contributed by atoms with Gasteiger partial charge in [0.15, 0.2) is 0 Å². The van der Waals surface area contributed by atoms with Crippen LogP contribution in [0.3, 0.4) is 0 Å². The zero-order valence-corrected chi connectivity index (χ0v) is 12.7. The fourth-order valence-corrected chi connectivity index (χ4v) is 3.09. The molecule has 114 valence electrons. The number of amides is 1. The van der Waals surface area contributed by atoms with Crippen LogP contribution in [0.1, 0.15) is 18.0 Å². The SMILES string of the molecule is CN1CCOC(CNC2CC(=O)N(C)c3ccccc32)C1. The van der Waals surface area contributed by atoms with Gasteiger partial charge in [0.25, 0.3) is 0 Å². The second-order valence-electron chi connectivity index (χ2n) is 5.93. The number of ether oxygens (including phenoxy) is 1. The first kappa shape index (κ1) is 14.5. The van der Waals surface area contributed by atoms with Gasteiger partial charge in [0, 0.05) is 44.8 Å². The van der Waals surface area contributed by atoms with Crippen LogP contribution in [0.2, 0.25) is 0 Å². The molecule has 1 aromatic carbocycles.